The van der Waals surface area contributed by atoms with Crippen LogP contribution in [0.5, 0.6) is 11.5 Å². The topological polar surface area (TPSA) is 94.0 Å². The Labute approximate surface area is 142 Å². The van der Waals surface area contributed by atoms with Crippen molar-refractivity contribution in [1.29, 1.82) is 0 Å². The summed E-state index contributed by atoms with van der Waals surface area (Å²) in [4.78, 5) is 0. The van der Waals surface area contributed by atoms with Crippen LogP contribution in [0.15, 0.2) is 35.7 Å². The zero-order chi connectivity index (χ0) is 18.0. The first-order chi connectivity index (χ1) is 11.3. The number of aliphatic hydroxyl groups is 1. The number of hydrogen-bond acceptors (Lipinski definition) is 6. The molecule has 1 heterocycles. The molecule has 6 nitrogen and oxygen atoms in total. The van der Waals surface area contributed by atoms with Crippen molar-refractivity contribution in [3.05, 3.63) is 46.9 Å². The molecule has 0 fully saturated rings. The van der Waals surface area contributed by atoms with Crippen LogP contribution >= 0.6 is 0 Å². The number of aliphatic hydroxyl groups excluding tert-OH is 1. The zero-order valence-corrected chi connectivity index (χ0v) is 14.6. The highest BCUT2D eigenvalue weighted by molar-refractivity contribution is 5.52. The Bertz CT molecular complexity index is 667. The normalized spacial score (nSPS) is 20.9. The van der Waals surface area contributed by atoms with E-state index in [4.69, 9.17) is 4.74 Å². The second kappa shape index (κ2) is 7.15. The van der Waals surface area contributed by atoms with Crippen LogP contribution in [0.4, 0.5) is 0 Å². The molecule has 5 N–H and O–H groups in total. The number of allylic oxidation sites excluding steroid dienone is 1. The van der Waals surface area contributed by atoms with Gasteiger partial charge < -0.3 is 25.4 Å². The fourth-order valence-electron chi connectivity index (χ4n) is 2.95. The molecule has 0 bridgehead atoms. The maximum absolute atomic E-state index is 10.4. The molecule has 0 saturated heterocycles. The number of phenols is 2. The molecule has 2 rings (SSSR count). The quantitative estimate of drug-likeness (QED) is 0.531. The van der Waals surface area contributed by atoms with Crippen molar-refractivity contribution in [3.63, 3.8) is 0 Å². The molecule has 0 amide bonds. The van der Waals surface area contributed by atoms with Crippen LogP contribution < -0.4 is 10.6 Å². The Morgan fingerprint density at radius 1 is 1.29 bits per heavy atom. The third-order valence-electron chi connectivity index (χ3n) is 4.10. The lowest BCUT2D eigenvalue weighted by Crippen LogP contribution is -2.48. The number of benzene rings is 1. The molecule has 1 aromatic carbocycles. The van der Waals surface area contributed by atoms with Crippen LogP contribution in [0.25, 0.3) is 0 Å². The molecule has 0 saturated carbocycles. The fourth-order valence-corrected chi connectivity index (χ4v) is 2.95. The summed E-state index contributed by atoms with van der Waals surface area (Å²) in [5.41, 5.74) is 2.70. The van der Waals surface area contributed by atoms with Gasteiger partial charge in [0.15, 0.2) is 6.35 Å². The highest BCUT2D eigenvalue weighted by Crippen LogP contribution is 2.40. The van der Waals surface area contributed by atoms with Crippen LogP contribution in [0.1, 0.15) is 50.8 Å². The van der Waals surface area contributed by atoms with Gasteiger partial charge in [0.05, 0.1) is 12.6 Å². The highest BCUT2D eigenvalue weighted by atomic mass is 16.5. The van der Waals surface area contributed by atoms with Gasteiger partial charge in [0.1, 0.15) is 17.3 Å². The summed E-state index contributed by atoms with van der Waals surface area (Å²) in [6.07, 6.45) is -0.969. The Morgan fingerprint density at radius 2 is 1.96 bits per heavy atom. The Hall–Kier alpha value is -2.18. The van der Waals surface area contributed by atoms with Crippen LogP contribution in [0.2, 0.25) is 0 Å². The van der Waals surface area contributed by atoms with Crippen LogP contribution in [-0.2, 0) is 4.74 Å². The minimum atomic E-state index is -0.969. The summed E-state index contributed by atoms with van der Waals surface area (Å²) in [7, 11) is 0. The van der Waals surface area contributed by atoms with Gasteiger partial charge in [0.25, 0.3) is 0 Å². The Balaban J connectivity index is 2.57. The molecular weight excluding hydrogens is 308 g/mol. The summed E-state index contributed by atoms with van der Waals surface area (Å²) in [5, 5.41) is 36.3. The van der Waals surface area contributed by atoms with Gasteiger partial charge >= 0.3 is 0 Å². The lowest BCUT2D eigenvalue weighted by molar-refractivity contribution is 0.0904. The summed E-state index contributed by atoms with van der Waals surface area (Å²) in [6.45, 7) is 12.0. The van der Waals surface area contributed by atoms with Gasteiger partial charge in [0.2, 0.25) is 0 Å². The Morgan fingerprint density at radius 3 is 2.54 bits per heavy atom. The number of hydrogen-bond donors (Lipinski definition) is 5. The lowest BCUT2D eigenvalue weighted by atomic mass is 9.90. The minimum absolute atomic E-state index is 0.0478. The van der Waals surface area contributed by atoms with E-state index in [1.54, 1.807) is 6.07 Å². The van der Waals surface area contributed by atoms with E-state index in [1.165, 1.54) is 6.07 Å². The largest absolute Gasteiger partial charge is 0.508 e. The molecule has 1 aliphatic heterocycles. The average Bonchev–Trinajstić information content (AvgIpc) is 2.46. The van der Waals surface area contributed by atoms with Crippen LogP contribution in [0.3, 0.4) is 0 Å². The molecule has 1 aromatic rings. The average molecular weight is 334 g/mol. The van der Waals surface area contributed by atoms with Crippen molar-refractivity contribution in [3.8, 4) is 11.5 Å². The van der Waals surface area contributed by atoms with E-state index in [-0.39, 0.29) is 17.4 Å². The maximum atomic E-state index is 10.4. The smallest absolute Gasteiger partial charge is 0.182 e. The summed E-state index contributed by atoms with van der Waals surface area (Å²) in [5.74, 6) is 0.537. The first-order valence-electron chi connectivity index (χ1n) is 8.05. The van der Waals surface area contributed by atoms with Crippen molar-refractivity contribution in [1.82, 2.24) is 10.6 Å². The van der Waals surface area contributed by atoms with Crippen LogP contribution in [0, 0.1) is 0 Å². The second-order valence-corrected chi connectivity index (χ2v) is 6.17. The van der Waals surface area contributed by atoms with E-state index >= 15 is 0 Å². The summed E-state index contributed by atoms with van der Waals surface area (Å²) < 4.78 is 5.54. The van der Waals surface area contributed by atoms with Gasteiger partial charge in [-0.15, -0.1) is 0 Å². The van der Waals surface area contributed by atoms with Crippen LogP contribution in [-0.4, -0.2) is 28.3 Å². The first-order valence-corrected chi connectivity index (χ1v) is 8.05. The van der Waals surface area contributed by atoms with E-state index in [1.807, 2.05) is 27.7 Å². The number of aromatic hydroxyl groups is 2. The van der Waals surface area contributed by atoms with Gasteiger partial charge in [-0.2, -0.15) is 0 Å². The van der Waals surface area contributed by atoms with Crippen molar-refractivity contribution in [2.75, 3.05) is 6.61 Å². The molecule has 24 heavy (non-hydrogen) atoms. The molecule has 0 radical (unpaired) electrons. The molecule has 0 spiro atoms. The maximum Gasteiger partial charge on any atom is 0.182 e. The molecule has 0 aromatic heterocycles. The van der Waals surface area contributed by atoms with Crippen molar-refractivity contribution in [2.45, 2.75) is 46.0 Å². The predicted octanol–water partition coefficient (Wildman–Crippen LogP) is 2.56. The number of ether oxygens (including phenoxy) is 1. The molecule has 1 aliphatic rings. The van der Waals surface area contributed by atoms with Gasteiger partial charge in [-0.3, -0.25) is 5.32 Å². The molecule has 2 atom stereocenters. The number of rotatable bonds is 5. The van der Waals surface area contributed by atoms with Gasteiger partial charge in [0, 0.05) is 22.9 Å². The SMILES string of the molecule is C=C(OCC)C1=C(C)NC(O)NC1c1cc(C(C)C)c(O)cc1O. The number of nitrogens with one attached hydrogen (secondary N) is 2. The third kappa shape index (κ3) is 3.49. The van der Waals surface area contributed by atoms with Crippen molar-refractivity contribution >= 4 is 0 Å². The summed E-state index contributed by atoms with van der Waals surface area (Å²) >= 11 is 0. The predicted molar refractivity (Wildman–Crippen MR) is 92.3 cm³/mol. The number of phenolic OH excluding ortho intramolecular Hbond substituents is 2. The van der Waals surface area contributed by atoms with E-state index in [2.05, 4.69) is 17.2 Å². The van der Waals surface area contributed by atoms with Gasteiger partial charge in [-0.05, 0) is 31.4 Å². The third-order valence-corrected chi connectivity index (χ3v) is 4.10. The van der Waals surface area contributed by atoms with E-state index in [9.17, 15) is 15.3 Å². The summed E-state index contributed by atoms with van der Waals surface area (Å²) in [6, 6.07) is 2.56. The Kier molecular flexibility index (Phi) is 5.41. The molecule has 0 aliphatic carbocycles. The van der Waals surface area contributed by atoms with Gasteiger partial charge in [-0.1, -0.05) is 20.4 Å². The molecule has 6 heteroatoms. The van der Waals surface area contributed by atoms with Crippen molar-refractivity contribution in [2.24, 2.45) is 0 Å². The monoisotopic (exact) mass is 334 g/mol. The van der Waals surface area contributed by atoms with Gasteiger partial charge in [-0.25, -0.2) is 0 Å². The standard InChI is InChI=1S/C18H26N2O4/c1-6-24-11(5)16-10(4)19-18(23)20-17(16)13-7-12(9(2)3)14(21)8-15(13)22/h7-9,17-23H,5-6H2,1-4H3. The molecular formula is C18H26N2O4. The second-order valence-electron chi connectivity index (χ2n) is 6.17. The van der Waals surface area contributed by atoms with E-state index in [0.29, 0.717) is 23.6 Å². The lowest BCUT2D eigenvalue weighted by Gasteiger charge is -2.34. The van der Waals surface area contributed by atoms with Crippen molar-refractivity contribution < 1.29 is 20.1 Å². The van der Waals surface area contributed by atoms with E-state index < -0.39 is 12.4 Å². The highest BCUT2D eigenvalue weighted by Gasteiger charge is 2.31. The minimum Gasteiger partial charge on any atom is -0.508 e. The first kappa shape index (κ1) is 18.2. The zero-order valence-electron chi connectivity index (χ0n) is 14.6. The fraction of sp³-hybridized carbons (Fsp3) is 0.444. The molecule has 132 valence electrons. The molecule has 2 unspecified atom stereocenters. The van der Waals surface area contributed by atoms with E-state index in [0.717, 1.165) is 11.1 Å².